The van der Waals surface area contributed by atoms with Crippen LogP contribution < -0.4 is 0 Å². The molecule has 1 unspecified atom stereocenters. The molecule has 1 atom stereocenters. The van der Waals surface area contributed by atoms with E-state index in [1.54, 1.807) is 0 Å². The maximum Gasteiger partial charge on any atom is 0.235 e. The van der Waals surface area contributed by atoms with E-state index < -0.39 is 0 Å². The van der Waals surface area contributed by atoms with Gasteiger partial charge in [0, 0.05) is 0 Å². The third kappa shape index (κ3) is 1.15. The quantitative estimate of drug-likeness (QED) is 0.290. The van der Waals surface area contributed by atoms with Crippen LogP contribution in [0, 0.1) is 0 Å². The highest BCUT2D eigenvalue weighted by Crippen LogP contribution is 2.25. The van der Waals surface area contributed by atoms with Crippen molar-refractivity contribution in [2.45, 2.75) is 12.5 Å². The summed E-state index contributed by atoms with van der Waals surface area (Å²) in [4.78, 5) is 12.9. The number of epoxide rings is 1. The van der Waals surface area contributed by atoms with Crippen LogP contribution in [0.5, 0.6) is 0 Å². The minimum Gasteiger partial charge on any atom is -0.368 e. The van der Waals surface area contributed by atoms with Gasteiger partial charge in [0.2, 0.25) is 6.08 Å². The van der Waals surface area contributed by atoms with E-state index in [2.05, 4.69) is 4.99 Å². The highest BCUT2D eigenvalue weighted by molar-refractivity contribution is 5.33. The van der Waals surface area contributed by atoms with Crippen molar-refractivity contribution >= 4 is 6.08 Å². The van der Waals surface area contributed by atoms with Crippen LogP contribution in [0.4, 0.5) is 0 Å². The topological polar surface area (TPSA) is 42.0 Å². The molecule has 0 spiro atoms. The number of hydrogen-bond donors (Lipinski definition) is 0. The Balaban J connectivity index is 2.29. The summed E-state index contributed by atoms with van der Waals surface area (Å²) >= 11 is 0. The summed E-state index contributed by atoms with van der Waals surface area (Å²) in [6, 6.07) is 0. The van der Waals surface area contributed by atoms with E-state index in [1.807, 2.05) is 6.92 Å². The molecular weight excluding hydrogens is 106 g/mol. The van der Waals surface area contributed by atoms with Gasteiger partial charge in [0.25, 0.3) is 0 Å². The maximum absolute atomic E-state index is 9.53. The van der Waals surface area contributed by atoms with Crippen LogP contribution in [0.1, 0.15) is 6.92 Å². The first-order valence-corrected chi connectivity index (χ1v) is 2.44. The SMILES string of the molecule is CC1(CN=C=O)CO1. The summed E-state index contributed by atoms with van der Waals surface area (Å²) in [5.74, 6) is 0. The predicted octanol–water partition coefficient (Wildman–Crippen LogP) is 0.111. The Bertz CT molecular complexity index is 133. The third-order valence-electron chi connectivity index (χ3n) is 1.12. The minimum absolute atomic E-state index is 0.128. The summed E-state index contributed by atoms with van der Waals surface area (Å²) in [7, 11) is 0. The molecule has 0 aromatic rings. The molecule has 0 saturated carbocycles. The molecular formula is C5H7NO2. The average Bonchev–Trinajstić information content (AvgIpc) is 2.45. The third-order valence-corrected chi connectivity index (χ3v) is 1.12. The fraction of sp³-hybridized carbons (Fsp3) is 0.800. The van der Waals surface area contributed by atoms with E-state index in [4.69, 9.17) is 4.74 Å². The molecule has 1 fully saturated rings. The number of ether oxygens (including phenoxy) is 1. The Morgan fingerprint density at radius 2 is 2.62 bits per heavy atom. The highest BCUT2D eigenvalue weighted by atomic mass is 16.6. The molecule has 0 bridgehead atoms. The monoisotopic (exact) mass is 113 g/mol. The van der Waals surface area contributed by atoms with Crippen LogP contribution in [-0.2, 0) is 9.53 Å². The first-order chi connectivity index (χ1) is 3.77. The first-order valence-electron chi connectivity index (χ1n) is 2.44. The van der Waals surface area contributed by atoms with Gasteiger partial charge in [0.1, 0.15) is 5.60 Å². The van der Waals surface area contributed by atoms with Gasteiger partial charge in [-0.15, -0.1) is 0 Å². The van der Waals surface area contributed by atoms with E-state index in [1.165, 1.54) is 6.08 Å². The second-order valence-electron chi connectivity index (χ2n) is 2.15. The molecule has 0 radical (unpaired) electrons. The second kappa shape index (κ2) is 1.69. The van der Waals surface area contributed by atoms with Gasteiger partial charge in [0.05, 0.1) is 13.2 Å². The van der Waals surface area contributed by atoms with Gasteiger partial charge in [-0.3, -0.25) is 0 Å². The number of carbonyl (C=O) groups excluding carboxylic acids is 1. The van der Waals surface area contributed by atoms with Crippen molar-refractivity contribution in [3.05, 3.63) is 0 Å². The van der Waals surface area contributed by atoms with Crippen molar-refractivity contribution in [3.63, 3.8) is 0 Å². The predicted molar refractivity (Wildman–Crippen MR) is 27.3 cm³/mol. The van der Waals surface area contributed by atoms with Gasteiger partial charge in [-0.1, -0.05) is 0 Å². The molecule has 0 aliphatic carbocycles. The highest BCUT2D eigenvalue weighted by Gasteiger charge is 2.38. The Hall–Kier alpha value is -0.660. The van der Waals surface area contributed by atoms with Crippen LogP contribution in [0.25, 0.3) is 0 Å². The van der Waals surface area contributed by atoms with Crippen LogP contribution in [0.15, 0.2) is 4.99 Å². The number of aliphatic imine (C=N–C) groups is 1. The molecule has 1 aliphatic rings. The Morgan fingerprint density at radius 3 is 3.00 bits per heavy atom. The zero-order valence-corrected chi connectivity index (χ0v) is 4.68. The minimum atomic E-state index is -0.128. The molecule has 3 heteroatoms. The number of hydrogen-bond acceptors (Lipinski definition) is 3. The van der Waals surface area contributed by atoms with E-state index >= 15 is 0 Å². The van der Waals surface area contributed by atoms with Crippen molar-refractivity contribution in [2.24, 2.45) is 4.99 Å². The maximum atomic E-state index is 9.53. The van der Waals surface area contributed by atoms with Crippen LogP contribution >= 0.6 is 0 Å². The molecule has 8 heavy (non-hydrogen) atoms. The smallest absolute Gasteiger partial charge is 0.235 e. The number of isocyanates is 1. The fourth-order valence-corrected chi connectivity index (χ4v) is 0.414. The summed E-state index contributed by atoms with van der Waals surface area (Å²) in [6.45, 7) is 3.09. The normalized spacial score (nSPS) is 33.6. The molecule has 1 aliphatic heterocycles. The lowest BCUT2D eigenvalue weighted by atomic mass is 10.2. The molecule has 1 saturated heterocycles. The fourth-order valence-electron chi connectivity index (χ4n) is 0.414. The molecule has 1 heterocycles. The van der Waals surface area contributed by atoms with Gasteiger partial charge < -0.3 is 4.74 Å². The zero-order valence-electron chi connectivity index (χ0n) is 4.68. The largest absolute Gasteiger partial charge is 0.368 e. The zero-order chi connectivity index (χ0) is 6.04. The molecule has 0 amide bonds. The lowest BCUT2D eigenvalue weighted by Gasteiger charge is -1.92. The van der Waals surface area contributed by atoms with E-state index in [0.29, 0.717) is 6.54 Å². The summed E-state index contributed by atoms with van der Waals surface area (Å²) in [5.41, 5.74) is -0.128. The molecule has 0 aromatic carbocycles. The van der Waals surface area contributed by atoms with Crippen molar-refractivity contribution in [1.82, 2.24) is 0 Å². The van der Waals surface area contributed by atoms with E-state index in [9.17, 15) is 4.79 Å². The van der Waals surface area contributed by atoms with E-state index in [0.717, 1.165) is 6.61 Å². The summed E-state index contributed by atoms with van der Waals surface area (Å²) in [6.07, 6.45) is 1.46. The number of nitrogens with zero attached hydrogens (tertiary/aromatic N) is 1. The van der Waals surface area contributed by atoms with Crippen LogP contribution in [0.3, 0.4) is 0 Å². The molecule has 1 rings (SSSR count). The molecule has 44 valence electrons. The van der Waals surface area contributed by atoms with Crippen LogP contribution in [0.2, 0.25) is 0 Å². The molecule has 0 aromatic heterocycles. The van der Waals surface area contributed by atoms with Gasteiger partial charge >= 0.3 is 0 Å². The van der Waals surface area contributed by atoms with Crippen LogP contribution in [-0.4, -0.2) is 24.8 Å². The molecule has 3 nitrogen and oxygen atoms in total. The van der Waals surface area contributed by atoms with Gasteiger partial charge in [0.15, 0.2) is 0 Å². The van der Waals surface area contributed by atoms with Gasteiger partial charge in [-0.2, -0.15) is 0 Å². The Labute approximate surface area is 47.4 Å². The first kappa shape index (κ1) is 5.48. The van der Waals surface area contributed by atoms with Gasteiger partial charge in [-0.05, 0) is 6.92 Å². The second-order valence-corrected chi connectivity index (χ2v) is 2.15. The van der Waals surface area contributed by atoms with E-state index in [-0.39, 0.29) is 5.60 Å². The summed E-state index contributed by atoms with van der Waals surface area (Å²) in [5, 5.41) is 0. The summed E-state index contributed by atoms with van der Waals surface area (Å²) < 4.78 is 4.93. The van der Waals surface area contributed by atoms with Crippen molar-refractivity contribution in [1.29, 1.82) is 0 Å². The number of rotatable bonds is 2. The standard InChI is InChI=1S/C5H7NO2/c1-5(3-8-5)2-6-4-7/h2-3H2,1H3. The average molecular weight is 113 g/mol. The Kier molecular flexibility index (Phi) is 1.16. The lowest BCUT2D eigenvalue weighted by molar-refractivity contribution is 0.330. The Morgan fingerprint density at radius 1 is 2.00 bits per heavy atom. The van der Waals surface area contributed by atoms with Crippen molar-refractivity contribution in [3.8, 4) is 0 Å². The van der Waals surface area contributed by atoms with Gasteiger partial charge in [-0.25, -0.2) is 9.79 Å². The molecule has 0 N–H and O–H groups in total. The lowest BCUT2D eigenvalue weighted by Crippen LogP contribution is -2.07. The van der Waals surface area contributed by atoms with Crippen molar-refractivity contribution in [2.75, 3.05) is 13.2 Å². The van der Waals surface area contributed by atoms with Crippen molar-refractivity contribution < 1.29 is 9.53 Å².